The maximum absolute atomic E-state index is 13.2. The first kappa shape index (κ1) is 20.4. The lowest BCUT2D eigenvalue weighted by molar-refractivity contribution is -0.137. The van der Waals surface area contributed by atoms with E-state index in [1.54, 1.807) is 29.2 Å². The molecule has 3 rings (SSSR count). The van der Waals surface area contributed by atoms with E-state index in [4.69, 9.17) is 9.88 Å². The molecule has 2 aromatic rings. The Kier molecular flexibility index (Phi) is 6.42. The summed E-state index contributed by atoms with van der Waals surface area (Å²) in [5.74, 6) is -0.460. The van der Waals surface area contributed by atoms with Gasteiger partial charge in [-0.1, -0.05) is 6.07 Å². The number of anilines is 2. The minimum absolute atomic E-state index is 0.137. The minimum atomic E-state index is -4.60. The molecule has 0 atom stereocenters. The van der Waals surface area contributed by atoms with Gasteiger partial charge in [-0.05, 0) is 42.6 Å². The highest BCUT2D eigenvalue weighted by Crippen LogP contribution is 2.32. The van der Waals surface area contributed by atoms with Gasteiger partial charge in [0.1, 0.15) is 5.82 Å². The Hall–Kier alpha value is -2.30. The summed E-state index contributed by atoms with van der Waals surface area (Å²) in [5.41, 5.74) is -0.677. The fraction of sp³-hybridized carbons (Fsp3) is 0.333. The van der Waals surface area contributed by atoms with Gasteiger partial charge in [-0.25, -0.2) is 4.98 Å². The van der Waals surface area contributed by atoms with E-state index in [2.05, 4.69) is 10.3 Å². The second kappa shape index (κ2) is 8.80. The number of pyridine rings is 1. The number of nitrogens with zero attached hydrogens (tertiary/aromatic N) is 2. The first-order chi connectivity index (χ1) is 13.4. The Bertz CT molecular complexity index is 840. The molecule has 0 bridgehead atoms. The number of halogens is 3. The molecule has 1 amide bonds. The maximum atomic E-state index is 13.2. The number of amides is 1. The van der Waals surface area contributed by atoms with Crippen LogP contribution in [-0.4, -0.2) is 37.2 Å². The van der Waals surface area contributed by atoms with Crippen molar-refractivity contribution in [2.45, 2.75) is 17.5 Å². The van der Waals surface area contributed by atoms with Gasteiger partial charge in [0.2, 0.25) is 0 Å². The van der Waals surface area contributed by atoms with E-state index >= 15 is 0 Å². The molecular weight excluding hydrogens is 393 g/mol. The summed E-state index contributed by atoms with van der Waals surface area (Å²) in [7, 11) is 0. The van der Waals surface area contributed by atoms with Crippen molar-refractivity contribution in [3.05, 3.63) is 47.7 Å². The Labute approximate surface area is 164 Å². The number of alkyl halides is 3. The Morgan fingerprint density at radius 3 is 2.82 bits per heavy atom. The van der Waals surface area contributed by atoms with Crippen molar-refractivity contribution in [2.24, 2.45) is 5.14 Å². The molecule has 1 aromatic heterocycles. The summed E-state index contributed by atoms with van der Waals surface area (Å²) in [6.45, 7) is 1.96. The Morgan fingerprint density at radius 2 is 2.07 bits per heavy atom. The summed E-state index contributed by atoms with van der Waals surface area (Å²) in [5, 5.41) is 8.15. The molecule has 1 aliphatic heterocycles. The monoisotopic (exact) mass is 412 g/mol. The minimum Gasteiger partial charge on any atom is -0.380 e. The lowest BCUT2D eigenvalue weighted by Gasteiger charge is -2.24. The fourth-order valence-corrected chi connectivity index (χ4v) is 3.19. The highest BCUT2D eigenvalue weighted by Gasteiger charge is 2.33. The molecule has 28 heavy (non-hydrogen) atoms. The quantitative estimate of drug-likeness (QED) is 0.748. The molecule has 1 fully saturated rings. The van der Waals surface area contributed by atoms with E-state index in [-0.39, 0.29) is 11.4 Å². The van der Waals surface area contributed by atoms with Crippen LogP contribution in [0.5, 0.6) is 0 Å². The van der Waals surface area contributed by atoms with Gasteiger partial charge >= 0.3 is 6.18 Å². The van der Waals surface area contributed by atoms with Crippen molar-refractivity contribution in [2.75, 3.05) is 36.5 Å². The number of benzene rings is 1. The van der Waals surface area contributed by atoms with Gasteiger partial charge in [0.25, 0.3) is 5.91 Å². The molecule has 3 N–H and O–H groups in total. The highest BCUT2D eigenvalue weighted by molar-refractivity contribution is 7.97. The Balaban J connectivity index is 1.95. The molecule has 0 spiro atoms. The number of aromatic nitrogens is 1. The number of carbonyl (C=O) groups excluding carboxylic acids is 1. The molecule has 0 unspecified atom stereocenters. The third-order valence-electron chi connectivity index (χ3n) is 4.19. The molecule has 1 aromatic carbocycles. The third kappa shape index (κ3) is 4.94. The second-order valence-electron chi connectivity index (χ2n) is 6.15. The molecule has 1 saturated heterocycles. The summed E-state index contributed by atoms with van der Waals surface area (Å²) >= 11 is 1.01. The van der Waals surface area contributed by atoms with Crippen LogP contribution in [-0.2, 0) is 10.9 Å². The zero-order valence-corrected chi connectivity index (χ0v) is 15.6. The predicted octanol–water partition coefficient (Wildman–Crippen LogP) is 3.55. The summed E-state index contributed by atoms with van der Waals surface area (Å²) in [6.07, 6.45) is -3.15. The summed E-state index contributed by atoms with van der Waals surface area (Å²) in [6, 6.07) is 7.57. The topological polar surface area (TPSA) is 80.5 Å². The molecule has 0 radical (unpaired) electrons. The van der Waals surface area contributed by atoms with E-state index in [0.29, 0.717) is 43.3 Å². The van der Waals surface area contributed by atoms with Gasteiger partial charge in [-0.2, -0.15) is 13.2 Å². The van der Waals surface area contributed by atoms with E-state index < -0.39 is 17.6 Å². The van der Waals surface area contributed by atoms with Crippen molar-refractivity contribution in [3.8, 4) is 0 Å². The van der Waals surface area contributed by atoms with Crippen LogP contribution in [0.1, 0.15) is 22.3 Å². The molecule has 10 heteroatoms. The smallest absolute Gasteiger partial charge is 0.380 e. The number of nitrogens with one attached hydrogen (secondary N) is 1. The number of hydrogen-bond acceptors (Lipinski definition) is 6. The van der Waals surface area contributed by atoms with E-state index in [0.717, 1.165) is 24.2 Å². The summed E-state index contributed by atoms with van der Waals surface area (Å²) < 4.78 is 44.9. The van der Waals surface area contributed by atoms with Gasteiger partial charge in [-0.15, -0.1) is 0 Å². The number of nitrogens with two attached hydrogens (primary N) is 1. The standard InChI is InChI=1S/C18H19F3N4O2S/c19-18(20,21)12-9-15(16(23-11-12)25-5-2-7-27-8-6-25)17(26)24-13-3-1-4-14(10-13)28-22/h1,3-4,9-11H,2,5-8,22H2,(H,24,26). The lowest BCUT2D eigenvalue weighted by Crippen LogP contribution is -2.30. The lowest BCUT2D eigenvalue weighted by atomic mass is 10.1. The zero-order valence-electron chi connectivity index (χ0n) is 14.8. The molecule has 1 aliphatic rings. The molecule has 2 heterocycles. The van der Waals surface area contributed by atoms with Gasteiger partial charge < -0.3 is 15.0 Å². The van der Waals surface area contributed by atoms with Crippen LogP contribution < -0.4 is 15.4 Å². The number of hydrogen-bond donors (Lipinski definition) is 2. The van der Waals surface area contributed by atoms with Crippen LogP contribution in [0.15, 0.2) is 41.4 Å². The van der Waals surface area contributed by atoms with Gasteiger partial charge in [-0.3, -0.25) is 9.93 Å². The van der Waals surface area contributed by atoms with E-state index in [9.17, 15) is 18.0 Å². The molecule has 0 saturated carbocycles. The predicted molar refractivity (Wildman–Crippen MR) is 101 cm³/mol. The average Bonchev–Trinajstić information content (AvgIpc) is 2.96. The fourth-order valence-electron chi connectivity index (χ4n) is 2.84. The van der Waals surface area contributed by atoms with Crippen LogP contribution in [0.3, 0.4) is 0 Å². The molecular formula is C18H19F3N4O2S. The van der Waals surface area contributed by atoms with Gasteiger partial charge in [0.15, 0.2) is 0 Å². The van der Waals surface area contributed by atoms with Crippen LogP contribution in [0.2, 0.25) is 0 Å². The van der Waals surface area contributed by atoms with Crippen molar-refractivity contribution in [1.29, 1.82) is 0 Å². The van der Waals surface area contributed by atoms with Crippen LogP contribution in [0, 0.1) is 0 Å². The average molecular weight is 412 g/mol. The van der Waals surface area contributed by atoms with Crippen molar-refractivity contribution >= 4 is 29.4 Å². The van der Waals surface area contributed by atoms with Crippen molar-refractivity contribution in [3.63, 3.8) is 0 Å². The van der Waals surface area contributed by atoms with Gasteiger partial charge in [0, 0.05) is 36.5 Å². The highest BCUT2D eigenvalue weighted by atomic mass is 32.2. The van der Waals surface area contributed by atoms with E-state index in [1.165, 1.54) is 0 Å². The van der Waals surface area contributed by atoms with Crippen molar-refractivity contribution in [1.82, 2.24) is 4.98 Å². The van der Waals surface area contributed by atoms with Crippen molar-refractivity contribution < 1.29 is 22.7 Å². The maximum Gasteiger partial charge on any atom is 0.417 e. The van der Waals surface area contributed by atoms with E-state index in [1.807, 2.05) is 0 Å². The number of rotatable bonds is 4. The number of ether oxygens (including phenoxy) is 1. The SMILES string of the molecule is NSc1cccc(NC(=O)c2cc(C(F)(F)F)cnc2N2CCCOCC2)c1. The Morgan fingerprint density at radius 1 is 1.25 bits per heavy atom. The molecule has 6 nitrogen and oxygen atoms in total. The zero-order chi connectivity index (χ0) is 20.1. The van der Waals surface area contributed by atoms with Crippen LogP contribution in [0.4, 0.5) is 24.7 Å². The second-order valence-corrected chi connectivity index (χ2v) is 6.85. The number of carbonyl (C=O) groups is 1. The van der Waals surface area contributed by atoms with Crippen LogP contribution >= 0.6 is 11.9 Å². The first-order valence-electron chi connectivity index (χ1n) is 8.56. The first-order valence-corrected chi connectivity index (χ1v) is 9.44. The summed E-state index contributed by atoms with van der Waals surface area (Å²) in [4.78, 5) is 19.3. The molecule has 150 valence electrons. The largest absolute Gasteiger partial charge is 0.417 e. The third-order valence-corrected chi connectivity index (χ3v) is 4.71. The normalized spacial score (nSPS) is 15.2. The van der Waals surface area contributed by atoms with Crippen LogP contribution in [0.25, 0.3) is 0 Å². The molecule has 0 aliphatic carbocycles. The van der Waals surface area contributed by atoms with Gasteiger partial charge in [0.05, 0.1) is 17.7 Å².